The topological polar surface area (TPSA) is 122 Å². The predicted octanol–water partition coefficient (Wildman–Crippen LogP) is 3.13. The van der Waals surface area contributed by atoms with E-state index in [1.807, 2.05) is 12.3 Å². The third-order valence-corrected chi connectivity index (χ3v) is 6.09. The molecule has 2 aromatic rings. The summed E-state index contributed by atoms with van der Waals surface area (Å²) in [6.07, 6.45) is 10.9. The largest absolute Gasteiger partial charge is 0.370 e. The van der Waals surface area contributed by atoms with Crippen LogP contribution in [0.15, 0.2) is 24.5 Å². The Morgan fingerprint density at radius 2 is 1.84 bits per heavy atom. The molecule has 2 aliphatic rings. The molecule has 31 heavy (non-hydrogen) atoms. The molecule has 1 saturated heterocycles. The molecule has 0 aromatic carbocycles. The number of halogens is 1. The van der Waals surface area contributed by atoms with Gasteiger partial charge in [0.1, 0.15) is 5.82 Å². The van der Waals surface area contributed by atoms with E-state index in [1.54, 1.807) is 6.20 Å². The van der Waals surface area contributed by atoms with Gasteiger partial charge in [-0.2, -0.15) is 0 Å². The second-order valence-electron chi connectivity index (χ2n) is 8.38. The Morgan fingerprint density at radius 1 is 1.06 bits per heavy atom. The smallest absolute Gasteiger partial charge is 0.252 e. The van der Waals surface area contributed by atoms with Crippen LogP contribution in [0, 0.1) is 5.82 Å². The number of amides is 1. The molecular formula is C22H30FN7O. The maximum absolute atomic E-state index is 14.7. The molecule has 0 bridgehead atoms. The van der Waals surface area contributed by atoms with Gasteiger partial charge in [0.15, 0.2) is 11.6 Å². The minimum atomic E-state index is -0.755. The molecule has 3 heterocycles. The molecule has 1 aliphatic heterocycles. The minimum Gasteiger partial charge on any atom is -0.370 e. The summed E-state index contributed by atoms with van der Waals surface area (Å²) in [6, 6.07) is 2.95. The van der Waals surface area contributed by atoms with Crippen LogP contribution < -0.4 is 27.0 Å². The van der Waals surface area contributed by atoms with Gasteiger partial charge >= 0.3 is 0 Å². The summed E-state index contributed by atoms with van der Waals surface area (Å²) in [5, 5.41) is 6.24. The van der Waals surface area contributed by atoms with E-state index in [0.717, 1.165) is 63.4 Å². The van der Waals surface area contributed by atoms with Crippen molar-refractivity contribution >= 4 is 28.9 Å². The molecule has 1 amide bonds. The maximum Gasteiger partial charge on any atom is 0.252 e. The zero-order chi connectivity index (χ0) is 21.8. The number of rotatable bonds is 6. The molecule has 0 spiro atoms. The van der Waals surface area contributed by atoms with E-state index >= 15 is 0 Å². The van der Waals surface area contributed by atoms with Crippen molar-refractivity contribution in [3.8, 4) is 0 Å². The van der Waals surface area contributed by atoms with Gasteiger partial charge in [0.25, 0.3) is 5.91 Å². The van der Waals surface area contributed by atoms with Crippen LogP contribution in [0.2, 0.25) is 0 Å². The van der Waals surface area contributed by atoms with Crippen LogP contribution in [0.3, 0.4) is 0 Å². The number of primary amides is 1. The number of hydrogen-bond acceptors (Lipinski definition) is 7. The number of nitrogens with zero attached hydrogens (tertiary/aromatic N) is 3. The fourth-order valence-electron chi connectivity index (χ4n) is 4.35. The minimum absolute atomic E-state index is 0.0145. The molecule has 2 aromatic heterocycles. The van der Waals surface area contributed by atoms with Crippen LogP contribution >= 0.6 is 0 Å². The molecule has 0 radical (unpaired) electrons. The van der Waals surface area contributed by atoms with Crippen LogP contribution in [-0.2, 0) is 0 Å². The van der Waals surface area contributed by atoms with Gasteiger partial charge in [0, 0.05) is 25.2 Å². The fourth-order valence-corrected chi connectivity index (χ4v) is 4.35. The molecule has 1 unspecified atom stereocenters. The number of piperidine rings is 1. The number of anilines is 4. The van der Waals surface area contributed by atoms with Crippen molar-refractivity contribution in [2.24, 2.45) is 11.5 Å². The second-order valence-corrected chi connectivity index (χ2v) is 8.38. The quantitative estimate of drug-likeness (QED) is 0.559. The molecule has 2 atom stereocenters. The van der Waals surface area contributed by atoms with Crippen molar-refractivity contribution in [1.29, 1.82) is 0 Å². The molecule has 166 valence electrons. The van der Waals surface area contributed by atoms with Gasteiger partial charge in [-0.05, 0) is 44.2 Å². The van der Waals surface area contributed by atoms with Gasteiger partial charge in [0.05, 0.1) is 29.3 Å². The second kappa shape index (κ2) is 9.47. The number of nitrogens with two attached hydrogens (primary N) is 2. The van der Waals surface area contributed by atoms with Crippen LogP contribution in [-0.4, -0.2) is 41.0 Å². The lowest BCUT2D eigenvalue weighted by atomic mass is 9.91. The first-order valence-electron chi connectivity index (χ1n) is 11.0. The Morgan fingerprint density at radius 3 is 2.58 bits per heavy atom. The number of hydrogen-bond donors (Lipinski definition) is 4. The van der Waals surface area contributed by atoms with E-state index in [9.17, 15) is 9.18 Å². The summed E-state index contributed by atoms with van der Waals surface area (Å²) < 4.78 is 14.7. The summed E-state index contributed by atoms with van der Waals surface area (Å²) in [6.45, 7) is 1.98. The first-order valence-corrected chi connectivity index (χ1v) is 11.0. The average molecular weight is 428 g/mol. The highest BCUT2D eigenvalue weighted by molar-refractivity contribution is 5.98. The molecular weight excluding hydrogens is 397 g/mol. The monoisotopic (exact) mass is 427 g/mol. The fraction of sp³-hybridized carbons (Fsp3) is 0.500. The van der Waals surface area contributed by atoms with E-state index in [0.29, 0.717) is 5.69 Å². The number of carbonyl (C=O) groups excluding carboxylic acids is 1. The molecule has 4 rings (SSSR count). The average Bonchev–Trinajstić information content (AvgIpc) is 2.78. The third kappa shape index (κ3) is 5.04. The van der Waals surface area contributed by atoms with E-state index in [-0.39, 0.29) is 29.3 Å². The molecule has 9 heteroatoms. The predicted molar refractivity (Wildman–Crippen MR) is 120 cm³/mol. The maximum atomic E-state index is 14.7. The Hall–Kier alpha value is -2.94. The van der Waals surface area contributed by atoms with Gasteiger partial charge in [-0.25, -0.2) is 9.37 Å². The lowest BCUT2D eigenvalue weighted by Crippen LogP contribution is -2.43. The van der Waals surface area contributed by atoms with Crippen molar-refractivity contribution < 1.29 is 9.18 Å². The first kappa shape index (κ1) is 21.3. The lowest BCUT2D eigenvalue weighted by molar-refractivity contribution is 0.100. The highest BCUT2D eigenvalue weighted by Crippen LogP contribution is 2.28. The number of carbonyl (C=O) groups is 1. The number of nitrogens with one attached hydrogen (secondary N) is 2. The van der Waals surface area contributed by atoms with E-state index < -0.39 is 11.7 Å². The Labute approximate surface area is 181 Å². The third-order valence-electron chi connectivity index (χ3n) is 6.09. The van der Waals surface area contributed by atoms with Gasteiger partial charge in [-0.15, -0.1) is 0 Å². The molecule has 6 N–H and O–H groups in total. The number of pyridine rings is 2. The van der Waals surface area contributed by atoms with Gasteiger partial charge in [-0.1, -0.05) is 12.8 Å². The van der Waals surface area contributed by atoms with E-state index in [4.69, 9.17) is 11.5 Å². The van der Waals surface area contributed by atoms with Crippen molar-refractivity contribution in [2.75, 3.05) is 28.6 Å². The summed E-state index contributed by atoms with van der Waals surface area (Å²) in [5.74, 6) is -1.12. The zero-order valence-corrected chi connectivity index (χ0v) is 17.6. The molecule has 2 fully saturated rings. The summed E-state index contributed by atoms with van der Waals surface area (Å²) in [4.78, 5) is 22.9. The van der Waals surface area contributed by atoms with Crippen LogP contribution in [0.25, 0.3) is 0 Å². The van der Waals surface area contributed by atoms with Gasteiger partial charge < -0.3 is 27.0 Å². The van der Waals surface area contributed by atoms with E-state index in [2.05, 4.69) is 25.5 Å². The van der Waals surface area contributed by atoms with Crippen LogP contribution in [0.4, 0.5) is 27.4 Å². The van der Waals surface area contributed by atoms with Crippen molar-refractivity contribution in [3.05, 3.63) is 35.9 Å². The Balaban J connectivity index is 1.60. The van der Waals surface area contributed by atoms with Crippen LogP contribution in [0.1, 0.15) is 55.3 Å². The summed E-state index contributed by atoms with van der Waals surface area (Å²) >= 11 is 0. The molecule has 1 aliphatic carbocycles. The van der Waals surface area contributed by atoms with Gasteiger partial charge in [-0.3, -0.25) is 9.78 Å². The van der Waals surface area contributed by atoms with Crippen molar-refractivity contribution in [2.45, 2.75) is 57.0 Å². The van der Waals surface area contributed by atoms with Crippen LogP contribution in [0.5, 0.6) is 0 Å². The zero-order valence-electron chi connectivity index (χ0n) is 17.6. The SMILES string of the molecule is NC(=O)c1cc(F)c(NC2CCCC[C@@H]2N)nc1Nc1cncc(N2CCCCC2)c1. The molecule has 1 saturated carbocycles. The lowest BCUT2D eigenvalue weighted by Gasteiger charge is -2.30. The Kier molecular flexibility index (Phi) is 6.50. The van der Waals surface area contributed by atoms with Crippen molar-refractivity contribution in [3.63, 3.8) is 0 Å². The van der Waals surface area contributed by atoms with Crippen molar-refractivity contribution in [1.82, 2.24) is 9.97 Å². The Bertz CT molecular complexity index is 932. The first-order chi connectivity index (χ1) is 15.0. The summed E-state index contributed by atoms with van der Waals surface area (Å²) in [7, 11) is 0. The molecule has 8 nitrogen and oxygen atoms in total. The standard InChI is InChI=1S/C22H30FN7O/c23-17-11-16(20(25)31)21(29-22(17)28-19-7-3-2-6-18(19)24)27-14-10-15(13-26-12-14)30-8-4-1-5-9-30/h10-13,18-19H,1-9,24H2,(H2,25,31)(H2,27,28,29)/t18-,19?/m0/s1. The summed E-state index contributed by atoms with van der Waals surface area (Å²) in [5.41, 5.74) is 13.3. The highest BCUT2D eigenvalue weighted by Gasteiger charge is 2.24. The van der Waals surface area contributed by atoms with E-state index in [1.165, 1.54) is 6.42 Å². The highest BCUT2D eigenvalue weighted by atomic mass is 19.1. The van der Waals surface area contributed by atoms with Gasteiger partial charge in [0.2, 0.25) is 0 Å². The number of aromatic nitrogens is 2. The normalized spacial score (nSPS) is 21.5.